The Morgan fingerprint density at radius 3 is 2.84 bits per heavy atom. The molecule has 2 rings (SSSR count). The number of carbonyl (C=O) groups excluding carboxylic acids is 1. The molecule has 2 unspecified atom stereocenters. The fourth-order valence-electron chi connectivity index (χ4n) is 2.89. The molecule has 4 nitrogen and oxygen atoms in total. The van der Waals surface area contributed by atoms with Crippen LogP contribution in [0.4, 0.5) is 0 Å². The number of amides is 1. The van der Waals surface area contributed by atoms with E-state index in [4.69, 9.17) is 10.5 Å². The van der Waals surface area contributed by atoms with Crippen LogP contribution in [-0.2, 0) is 9.53 Å². The van der Waals surface area contributed by atoms with Gasteiger partial charge in [-0.1, -0.05) is 30.3 Å². The Hall–Kier alpha value is -1.39. The molecule has 1 aliphatic rings. The van der Waals surface area contributed by atoms with Crippen LogP contribution in [0.1, 0.15) is 24.4 Å². The lowest BCUT2D eigenvalue weighted by atomic mass is 9.95. The lowest BCUT2D eigenvalue weighted by Crippen LogP contribution is -2.44. The van der Waals surface area contributed by atoms with Gasteiger partial charge in [-0.05, 0) is 30.9 Å². The summed E-state index contributed by atoms with van der Waals surface area (Å²) >= 11 is 0. The molecule has 1 aromatic carbocycles. The minimum atomic E-state index is -0.319. The van der Waals surface area contributed by atoms with Crippen LogP contribution in [0, 0.1) is 5.92 Å². The van der Waals surface area contributed by atoms with Crippen LogP contribution >= 0.6 is 0 Å². The molecule has 2 atom stereocenters. The van der Waals surface area contributed by atoms with Crippen molar-refractivity contribution >= 4 is 5.91 Å². The number of hydrogen-bond donors (Lipinski definition) is 1. The summed E-state index contributed by atoms with van der Waals surface area (Å²) in [7, 11) is 1.72. The summed E-state index contributed by atoms with van der Waals surface area (Å²) in [5.74, 6) is 0.216. The van der Waals surface area contributed by atoms with Gasteiger partial charge in [-0.15, -0.1) is 0 Å². The third-order valence-corrected chi connectivity index (χ3v) is 3.70. The minimum Gasteiger partial charge on any atom is -0.384 e. The standard InChI is InChI=1S/C15H22N2O2/c1-19-11-12-6-5-9-17(10-12)14(15(16)18)13-7-3-2-4-8-13/h2-4,7-8,12,14H,5-6,9-11H2,1H3,(H2,16,18). The van der Waals surface area contributed by atoms with Crippen molar-refractivity contribution in [3.8, 4) is 0 Å². The predicted molar refractivity (Wildman–Crippen MR) is 74.6 cm³/mol. The van der Waals surface area contributed by atoms with E-state index in [9.17, 15) is 4.79 Å². The second-order valence-electron chi connectivity index (χ2n) is 5.17. The minimum absolute atomic E-state index is 0.274. The zero-order chi connectivity index (χ0) is 13.7. The summed E-state index contributed by atoms with van der Waals surface area (Å²) in [5.41, 5.74) is 6.59. The molecule has 0 aliphatic carbocycles. The van der Waals surface area contributed by atoms with E-state index in [0.717, 1.165) is 38.1 Å². The largest absolute Gasteiger partial charge is 0.384 e. The molecule has 0 aromatic heterocycles. The van der Waals surface area contributed by atoms with Gasteiger partial charge in [-0.3, -0.25) is 9.69 Å². The second-order valence-corrected chi connectivity index (χ2v) is 5.17. The lowest BCUT2D eigenvalue weighted by Gasteiger charge is -2.36. The molecule has 0 saturated carbocycles. The van der Waals surface area contributed by atoms with Crippen molar-refractivity contribution in [3.63, 3.8) is 0 Å². The Kier molecular flexibility index (Phi) is 4.93. The molecule has 1 amide bonds. The Morgan fingerprint density at radius 1 is 1.47 bits per heavy atom. The number of ether oxygens (including phenoxy) is 1. The molecule has 1 aromatic rings. The molecular weight excluding hydrogens is 240 g/mol. The van der Waals surface area contributed by atoms with Crippen LogP contribution < -0.4 is 5.73 Å². The van der Waals surface area contributed by atoms with Crippen molar-refractivity contribution in [1.29, 1.82) is 0 Å². The predicted octanol–water partition coefficient (Wildman–Crippen LogP) is 1.57. The van der Waals surface area contributed by atoms with Crippen molar-refractivity contribution in [1.82, 2.24) is 4.90 Å². The monoisotopic (exact) mass is 262 g/mol. The highest BCUT2D eigenvalue weighted by Crippen LogP contribution is 2.26. The molecule has 2 N–H and O–H groups in total. The van der Waals surface area contributed by atoms with Gasteiger partial charge in [0.1, 0.15) is 6.04 Å². The fraction of sp³-hybridized carbons (Fsp3) is 0.533. The number of methoxy groups -OCH3 is 1. The third kappa shape index (κ3) is 3.55. The van der Waals surface area contributed by atoms with Crippen LogP contribution in [0.25, 0.3) is 0 Å². The molecule has 0 bridgehead atoms. The maximum absolute atomic E-state index is 11.8. The van der Waals surface area contributed by atoms with Crippen LogP contribution in [-0.4, -0.2) is 37.6 Å². The maximum Gasteiger partial charge on any atom is 0.239 e. The van der Waals surface area contributed by atoms with Crippen molar-refractivity contribution < 1.29 is 9.53 Å². The number of carbonyl (C=O) groups is 1. The van der Waals surface area contributed by atoms with Gasteiger partial charge >= 0.3 is 0 Å². The van der Waals surface area contributed by atoms with Crippen LogP contribution in [0.15, 0.2) is 30.3 Å². The molecule has 1 fully saturated rings. The van der Waals surface area contributed by atoms with E-state index >= 15 is 0 Å². The second kappa shape index (κ2) is 6.68. The van der Waals surface area contributed by atoms with Crippen molar-refractivity contribution in [3.05, 3.63) is 35.9 Å². The van der Waals surface area contributed by atoms with Crippen molar-refractivity contribution in [2.24, 2.45) is 11.7 Å². The number of hydrogen-bond acceptors (Lipinski definition) is 3. The quantitative estimate of drug-likeness (QED) is 0.876. The van der Waals surface area contributed by atoms with Gasteiger partial charge in [0.05, 0.1) is 6.61 Å². The van der Waals surface area contributed by atoms with Crippen molar-refractivity contribution in [2.45, 2.75) is 18.9 Å². The highest BCUT2D eigenvalue weighted by molar-refractivity contribution is 5.81. The average Bonchev–Trinajstić information content (AvgIpc) is 2.40. The molecule has 1 saturated heterocycles. The smallest absolute Gasteiger partial charge is 0.239 e. The summed E-state index contributed by atoms with van der Waals surface area (Å²) < 4.78 is 5.23. The number of piperidine rings is 1. The Bertz CT molecular complexity index is 406. The summed E-state index contributed by atoms with van der Waals surface area (Å²) in [4.78, 5) is 14.0. The maximum atomic E-state index is 11.8. The van der Waals surface area contributed by atoms with E-state index < -0.39 is 0 Å². The summed E-state index contributed by atoms with van der Waals surface area (Å²) in [6, 6.07) is 9.46. The molecule has 4 heteroatoms. The van der Waals surface area contributed by atoms with Gasteiger partial charge in [-0.2, -0.15) is 0 Å². The molecular formula is C15H22N2O2. The van der Waals surface area contributed by atoms with Gasteiger partial charge in [0.25, 0.3) is 0 Å². The van der Waals surface area contributed by atoms with E-state index in [2.05, 4.69) is 4.90 Å². The Balaban J connectivity index is 2.13. The van der Waals surface area contributed by atoms with E-state index in [1.165, 1.54) is 0 Å². The normalized spacial score (nSPS) is 22.1. The number of rotatable bonds is 5. The molecule has 19 heavy (non-hydrogen) atoms. The van der Waals surface area contributed by atoms with E-state index in [-0.39, 0.29) is 11.9 Å². The molecule has 104 valence electrons. The van der Waals surface area contributed by atoms with Crippen LogP contribution in [0.3, 0.4) is 0 Å². The van der Waals surface area contributed by atoms with Gasteiger partial charge in [-0.25, -0.2) is 0 Å². The molecule has 1 aliphatic heterocycles. The first-order chi connectivity index (χ1) is 9.22. The summed E-state index contributed by atoms with van der Waals surface area (Å²) in [6.07, 6.45) is 2.25. The Labute approximate surface area is 114 Å². The fourth-order valence-corrected chi connectivity index (χ4v) is 2.89. The highest BCUT2D eigenvalue weighted by atomic mass is 16.5. The first-order valence-corrected chi connectivity index (χ1v) is 6.79. The lowest BCUT2D eigenvalue weighted by molar-refractivity contribution is -0.124. The number of primary amides is 1. The zero-order valence-corrected chi connectivity index (χ0v) is 11.4. The number of benzene rings is 1. The van der Waals surface area contributed by atoms with Gasteiger partial charge < -0.3 is 10.5 Å². The Morgan fingerprint density at radius 2 is 2.21 bits per heavy atom. The highest BCUT2D eigenvalue weighted by Gasteiger charge is 2.30. The van der Waals surface area contributed by atoms with E-state index in [1.807, 2.05) is 30.3 Å². The third-order valence-electron chi connectivity index (χ3n) is 3.70. The number of nitrogens with two attached hydrogens (primary N) is 1. The average molecular weight is 262 g/mol. The van der Waals surface area contributed by atoms with Crippen LogP contribution in [0.2, 0.25) is 0 Å². The zero-order valence-electron chi connectivity index (χ0n) is 11.4. The van der Waals surface area contributed by atoms with Gasteiger partial charge in [0.15, 0.2) is 0 Å². The first-order valence-electron chi connectivity index (χ1n) is 6.79. The molecule has 0 spiro atoms. The molecule has 0 radical (unpaired) electrons. The summed E-state index contributed by atoms with van der Waals surface area (Å²) in [5, 5.41) is 0. The number of likely N-dealkylation sites (tertiary alicyclic amines) is 1. The van der Waals surface area contributed by atoms with E-state index in [0.29, 0.717) is 5.92 Å². The number of nitrogens with zero attached hydrogens (tertiary/aromatic N) is 1. The first kappa shape index (κ1) is 14.0. The van der Waals surface area contributed by atoms with Crippen molar-refractivity contribution in [2.75, 3.05) is 26.8 Å². The SMILES string of the molecule is COCC1CCCN(C(C(N)=O)c2ccccc2)C1. The van der Waals surface area contributed by atoms with Gasteiger partial charge in [0, 0.05) is 13.7 Å². The van der Waals surface area contributed by atoms with Crippen LogP contribution in [0.5, 0.6) is 0 Å². The molecule has 1 heterocycles. The van der Waals surface area contributed by atoms with Gasteiger partial charge in [0.2, 0.25) is 5.91 Å². The summed E-state index contributed by atoms with van der Waals surface area (Å²) in [6.45, 7) is 2.54. The topological polar surface area (TPSA) is 55.6 Å². The van der Waals surface area contributed by atoms with E-state index in [1.54, 1.807) is 7.11 Å².